The van der Waals surface area contributed by atoms with Gasteiger partial charge in [0.2, 0.25) is 0 Å². The van der Waals surface area contributed by atoms with Gasteiger partial charge in [0.05, 0.1) is 6.10 Å². The van der Waals surface area contributed by atoms with Gasteiger partial charge >= 0.3 is 0 Å². The van der Waals surface area contributed by atoms with Gasteiger partial charge in [-0.3, -0.25) is 0 Å². The van der Waals surface area contributed by atoms with Gasteiger partial charge in [-0.25, -0.2) is 0 Å². The molecular formula is C20H39NO. The van der Waals surface area contributed by atoms with Crippen LogP contribution in [0.4, 0.5) is 0 Å². The van der Waals surface area contributed by atoms with E-state index in [1.54, 1.807) is 0 Å². The van der Waals surface area contributed by atoms with Crippen LogP contribution in [-0.2, 0) is 4.74 Å². The van der Waals surface area contributed by atoms with Gasteiger partial charge in [-0.1, -0.05) is 27.7 Å². The lowest BCUT2D eigenvalue weighted by Gasteiger charge is -2.55. The predicted molar refractivity (Wildman–Crippen MR) is 95.2 cm³/mol. The molecule has 0 aromatic carbocycles. The summed E-state index contributed by atoms with van der Waals surface area (Å²) < 4.78 is 5.50. The third-order valence-corrected chi connectivity index (χ3v) is 6.69. The molecule has 0 radical (unpaired) electrons. The molecule has 2 nitrogen and oxygen atoms in total. The van der Waals surface area contributed by atoms with Crippen LogP contribution < -0.4 is 0 Å². The molecule has 0 atom stereocenters. The minimum Gasteiger partial charge on any atom is -0.381 e. The topological polar surface area (TPSA) is 12.5 Å². The molecule has 0 N–H and O–H groups in total. The van der Waals surface area contributed by atoms with E-state index in [2.05, 4.69) is 18.7 Å². The number of likely N-dealkylation sites (tertiary alicyclic amines) is 1. The Morgan fingerprint density at radius 3 is 1.95 bits per heavy atom. The SMILES string of the molecule is CC.COC1CCC(N2CCC3(CC2)CC(C(C)C)C3)CC1. The normalized spacial score (nSPS) is 32.5. The largest absolute Gasteiger partial charge is 0.381 e. The summed E-state index contributed by atoms with van der Waals surface area (Å²) in [5, 5.41) is 0. The van der Waals surface area contributed by atoms with Crippen LogP contribution in [0.1, 0.15) is 79.1 Å². The van der Waals surface area contributed by atoms with Gasteiger partial charge in [-0.2, -0.15) is 0 Å². The summed E-state index contributed by atoms with van der Waals surface area (Å²) in [6.45, 7) is 11.5. The number of nitrogens with zero attached hydrogens (tertiary/aromatic N) is 1. The number of hydrogen-bond acceptors (Lipinski definition) is 2. The minimum absolute atomic E-state index is 0.542. The van der Waals surface area contributed by atoms with Crippen LogP contribution in [-0.4, -0.2) is 37.2 Å². The molecule has 2 aliphatic carbocycles. The van der Waals surface area contributed by atoms with Gasteiger partial charge in [0.25, 0.3) is 0 Å². The zero-order chi connectivity index (χ0) is 16.2. The van der Waals surface area contributed by atoms with Crippen LogP contribution in [0.5, 0.6) is 0 Å². The molecule has 130 valence electrons. The van der Waals surface area contributed by atoms with Crippen molar-refractivity contribution in [3.63, 3.8) is 0 Å². The zero-order valence-corrected chi connectivity index (χ0v) is 15.7. The molecule has 2 heteroatoms. The van der Waals surface area contributed by atoms with Crippen molar-refractivity contribution in [3.05, 3.63) is 0 Å². The molecule has 0 aromatic rings. The maximum Gasteiger partial charge on any atom is 0.0572 e. The van der Waals surface area contributed by atoms with Crippen molar-refractivity contribution in [2.24, 2.45) is 17.3 Å². The number of rotatable bonds is 3. The highest BCUT2D eigenvalue weighted by Gasteiger charge is 2.47. The maximum atomic E-state index is 5.50. The van der Waals surface area contributed by atoms with Crippen molar-refractivity contribution in [1.82, 2.24) is 4.90 Å². The molecule has 3 aliphatic rings. The van der Waals surface area contributed by atoms with Crippen molar-refractivity contribution < 1.29 is 4.74 Å². The van der Waals surface area contributed by atoms with Crippen LogP contribution in [0.3, 0.4) is 0 Å². The highest BCUT2D eigenvalue weighted by molar-refractivity contribution is 4.98. The van der Waals surface area contributed by atoms with Crippen LogP contribution >= 0.6 is 0 Å². The molecule has 0 aromatic heterocycles. The fourth-order valence-electron chi connectivity index (χ4n) is 4.94. The first kappa shape index (κ1) is 18.3. The summed E-state index contributed by atoms with van der Waals surface area (Å²) in [7, 11) is 1.87. The number of hydrogen-bond donors (Lipinski definition) is 0. The van der Waals surface area contributed by atoms with Gasteiger partial charge in [-0.15, -0.1) is 0 Å². The van der Waals surface area contributed by atoms with Gasteiger partial charge in [0.15, 0.2) is 0 Å². The monoisotopic (exact) mass is 309 g/mol. The summed E-state index contributed by atoms with van der Waals surface area (Å²) in [4.78, 5) is 2.81. The van der Waals surface area contributed by atoms with Crippen LogP contribution in [0.25, 0.3) is 0 Å². The van der Waals surface area contributed by atoms with Gasteiger partial charge < -0.3 is 9.64 Å². The molecule has 0 unspecified atom stereocenters. The minimum atomic E-state index is 0.542. The standard InChI is InChI=1S/C18H33NO.C2H6/c1-14(2)15-12-18(13-15)8-10-19(11-9-18)16-4-6-17(20-3)7-5-16;1-2/h14-17H,4-13H2,1-3H3;1-2H3. The molecule has 1 aliphatic heterocycles. The highest BCUT2D eigenvalue weighted by atomic mass is 16.5. The lowest BCUT2D eigenvalue weighted by molar-refractivity contribution is -0.0487. The zero-order valence-electron chi connectivity index (χ0n) is 15.7. The molecule has 3 fully saturated rings. The van der Waals surface area contributed by atoms with Crippen LogP contribution in [0.2, 0.25) is 0 Å². The fraction of sp³-hybridized carbons (Fsp3) is 1.00. The summed E-state index contributed by atoms with van der Waals surface area (Å²) in [5.41, 5.74) is 0.759. The van der Waals surface area contributed by atoms with Crippen LogP contribution in [0.15, 0.2) is 0 Å². The van der Waals surface area contributed by atoms with Gasteiger partial charge in [-0.05, 0) is 81.7 Å². The smallest absolute Gasteiger partial charge is 0.0572 e. The van der Waals surface area contributed by atoms with Crippen molar-refractivity contribution in [3.8, 4) is 0 Å². The highest BCUT2D eigenvalue weighted by Crippen LogP contribution is 2.55. The lowest BCUT2D eigenvalue weighted by atomic mass is 9.55. The Labute approximate surface area is 139 Å². The van der Waals surface area contributed by atoms with Crippen LogP contribution in [0, 0.1) is 17.3 Å². The molecule has 3 rings (SSSR count). The second-order valence-electron chi connectivity index (χ2n) is 8.11. The summed E-state index contributed by atoms with van der Waals surface area (Å²) in [5.74, 6) is 1.93. The van der Waals surface area contributed by atoms with E-state index >= 15 is 0 Å². The van der Waals surface area contributed by atoms with E-state index in [-0.39, 0.29) is 0 Å². The van der Waals surface area contributed by atoms with Crippen molar-refractivity contribution in [2.75, 3.05) is 20.2 Å². The van der Waals surface area contributed by atoms with Gasteiger partial charge in [0, 0.05) is 13.2 Å². The molecule has 1 spiro atoms. The molecule has 0 bridgehead atoms. The van der Waals surface area contributed by atoms with Crippen molar-refractivity contribution in [2.45, 2.75) is 91.2 Å². The Kier molecular flexibility index (Phi) is 6.76. The third-order valence-electron chi connectivity index (χ3n) is 6.69. The van der Waals surface area contributed by atoms with Crippen molar-refractivity contribution in [1.29, 1.82) is 0 Å². The molecule has 1 saturated heterocycles. The van der Waals surface area contributed by atoms with Gasteiger partial charge in [0.1, 0.15) is 0 Å². The first-order valence-corrected chi connectivity index (χ1v) is 9.89. The Hall–Kier alpha value is -0.0800. The average molecular weight is 310 g/mol. The van der Waals surface area contributed by atoms with E-state index in [0.29, 0.717) is 6.10 Å². The fourth-order valence-corrected chi connectivity index (χ4v) is 4.94. The summed E-state index contributed by atoms with van der Waals surface area (Å²) >= 11 is 0. The first-order valence-electron chi connectivity index (χ1n) is 9.89. The summed E-state index contributed by atoms with van der Waals surface area (Å²) in [6.07, 6.45) is 11.8. The molecule has 1 heterocycles. The van der Waals surface area contributed by atoms with E-state index in [0.717, 1.165) is 23.3 Å². The Morgan fingerprint density at radius 2 is 1.50 bits per heavy atom. The van der Waals surface area contributed by atoms with E-state index in [1.807, 2.05) is 21.0 Å². The van der Waals surface area contributed by atoms with E-state index in [1.165, 1.54) is 64.5 Å². The van der Waals surface area contributed by atoms with E-state index in [4.69, 9.17) is 4.74 Å². The Bertz CT molecular complexity index is 304. The van der Waals surface area contributed by atoms with Crippen molar-refractivity contribution >= 4 is 0 Å². The lowest BCUT2D eigenvalue weighted by Crippen LogP contribution is -2.51. The number of piperidine rings is 1. The molecule has 2 saturated carbocycles. The second kappa shape index (κ2) is 8.15. The average Bonchev–Trinajstić information content (AvgIpc) is 2.54. The number of ether oxygens (including phenoxy) is 1. The Morgan fingerprint density at radius 1 is 0.955 bits per heavy atom. The first-order chi connectivity index (χ1) is 10.6. The second-order valence-corrected chi connectivity index (χ2v) is 8.11. The maximum absolute atomic E-state index is 5.50. The Balaban J connectivity index is 0.000000847. The predicted octanol–water partition coefficient (Wildman–Crippen LogP) is 5.12. The molecular weight excluding hydrogens is 270 g/mol. The third kappa shape index (κ3) is 4.06. The summed E-state index contributed by atoms with van der Waals surface area (Å²) in [6, 6.07) is 0.861. The quantitative estimate of drug-likeness (QED) is 0.717. The molecule has 22 heavy (non-hydrogen) atoms. The van der Waals surface area contributed by atoms with E-state index < -0.39 is 0 Å². The molecule has 0 amide bonds. The number of methoxy groups -OCH3 is 1. The van der Waals surface area contributed by atoms with E-state index in [9.17, 15) is 0 Å².